The summed E-state index contributed by atoms with van der Waals surface area (Å²) in [5.74, 6) is 0.407. The Morgan fingerprint density at radius 2 is 1.59 bits per heavy atom. The molecule has 0 aliphatic heterocycles. The van der Waals surface area contributed by atoms with Crippen molar-refractivity contribution in [2.24, 2.45) is 5.41 Å². The minimum atomic E-state index is 0.209. The van der Waals surface area contributed by atoms with E-state index in [4.69, 9.17) is 0 Å². The Morgan fingerprint density at radius 3 is 2.22 bits per heavy atom. The summed E-state index contributed by atoms with van der Waals surface area (Å²) in [7, 11) is 0. The Morgan fingerprint density at radius 1 is 0.963 bits per heavy atom. The summed E-state index contributed by atoms with van der Waals surface area (Å²) in [6.07, 6.45) is 4.84. The fourth-order valence-electron chi connectivity index (χ4n) is 3.77. The molecule has 0 radical (unpaired) electrons. The van der Waals surface area contributed by atoms with E-state index in [9.17, 15) is 0 Å². The molecule has 0 spiro atoms. The second-order valence-electron chi connectivity index (χ2n) is 8.78. The van der Waals surface area contributed by atoms with Gasteiger partial charge in [-0.3, -0.25) is 0 Å². The van der Waals surface area contributed by atoms with Gasteiger partial charge in [-0.25, -0.2) is 0 Å². The quantitative estimate of drug-likeness (QED) is 0.350. The van der Waals surface area contributed by atoms with Gasteiger partial charge in [0.1, 0.15) is 0 Å². The summed E-state index contributed by atoms with van der Waals surface area (Å²) < 4.78 is 1.51. The molecule has 0 saturated heterocycles. The predicted octanol–water partition coefficient (Wildman–Crippen LogP) is 7.47. The van der Waals surface area contributed by atoms with Crippen LogP contribution in [0.1, 0.15) is 53.0 Å². The summed E-state index contributed by atoms with van der Waals surface area (Å²) >= 11 is 1.55. The van der Waals surface area contributed by atoms with E-state index in [0.29, 0.717) is 5.92 Å². The van der Waals surface area contributed by atoms with Crippen LogP contribution in [0.3, 0.4) is 0 Å². The average Bonchev–Trinajstić information content (AvgIpc) is 3.14. The number of rotatable bonds is 1. The third-order valence-electron chi connectivity index (χ3n) is 5.11. The van der Waals surface area contributed by atoms with Crippen LogP contribution in [0.2, 0.25) is 0 Å². The van der Waals surface area contributed by atoms with Crippen molar-refractivity contribution < 1.29 is 24.2 Å². The molecule has 0 bridgehead atoms. The molecule has 138 valence electrons. The molecule has 0 N–H and O–H groups in total. The molecule has 0 saturated carbocycles. The van der Waals surface area contributed by atoms with E-state index >= 15 is 0 Å². The molecular formula is C26H29Zr-. The van der Waals surface area contributed by atoms with Crippen molar-refractivity contribution in [1.82, 2.24) is 0 Å². The first kappa shape index (κ1) is 20.3. The van der Waals surface area contributed by atoms with Crippen molar-refractivity contribution in [1.29, 1.82) is 0 Å². The first-order valence-electron chi connectivity index (χ1n) is 9.68. The van der Waals surface area contributed by atoms with Gasteiger partial charge in [0.25, 0.3) is 0 Å². The van der Waals surface area contributed by atoms with E-state index in [0.717, 1.165) is 0 Å². The van der Waals surface area contributed by atoms with Gasteiger partial charge < -0.3 is 0 Å². The molecule has 1 heteroatoms. The average molecular weight is 433 g/mol. The van der Waals surface area contributed by atoms with Crippen molar-refractivity contribution in [2.45, 2.75) is 47.5 Å². The van der Waals surface area contributed by atoms with Gasteiger partial charge in [-0.15, -0.1) is 33.7 Å². The zero-order valence-corrected chi connectivity index (χ0v) is 19.8. The van der Waals surface area contributed by atoms with Crippen LogP contribution in [0.15, 0.2) is 71.8 Å². The maximum absolute atomic E-state index is 2.46. The van der Waals surface area contributed by atoms with Gasteiger partial charge in [-0.2, -0.15) is 0 Å². The van der Waals surface area contributed by atoms with Crippen LogP contribution in [0, 0.1) is 5.41 Å². The number of fused-ring (bicyclic) bond motifs is 3. The van der Waals surface area contributed by atoms with Crippen LogP contribution in [0.5, 0.6) is 0 Å². The number of benzene rings is 2. The Bertz CT molecular complexity index is 1050. The first-order chi connectivity index (χ1) is 12.7. The van der Waals surface area contributed by atoms with E-state index < -0.39 is 0 Å². The molecule has 3 aromatic carbocycles. The number of allylic oxidation sites excluding steroid dienone is 4. The monoisotopic (exact) mass is 431 g/mol. The molecule has 0 nitrogen and oxygen atoms in total. The van der Waals surface area contributed by atoms with Crippen LogP contribution < -0.4 is 0 Å². The fourth-order valence-corrected chi connectivity index (χ4v) is 3.77. The topological polar surface area (TPSA) is 0 Å². The van der Waals surface area contributed by atoms with Gasteiger partial charge in [0.15, 0.2) is 0 Å². The van der Waals surface area contributed by atoms with E-state index in [1.54, 1.807) is 24.2 Å². The molecule has 0 heterocycles. The van der Waals surface area contributed by atoms with Crippen molar-refractivity contribution in [3.8, 4) is 0 Å². The van der Waals surface area contributed by atoms with Crippen molar-refractivity contribution in [3.63, 3.8) is 0 Å². The summed E-state index contributed by atoms with van der Waals surface area (Å²) in [4.78, 5) is 0. The standard InChI is InChI=1S/C23H23.C3H6.Zr/c1-15-12-17(23(2,3)4)14-21(15)20-11-7-10-19-18-9-6-5-8-16(18)13-22(19)20;1-3-2;/h5-14,21H,1-4H3;1-2H3;/q-1;;. The third-order valence-corrected chi connectivity index (χ3v) is 5.11. The molecule has 1 atom stereocenters. The fraction of sp³-hybridized carbons (Fsp3) is 0.308. The van der Waals surface area contributed by atoms with Gasteiger partial charge in [0, 0.05) is 0 Å². The molecule has 0 amide bonds. The van der Waals surface area contributed by atoms with Crippen LogP contribution >= 0.6 is 0 Å². The van der Waals surface area contributed by atoms with Gasteiger partial charge in [0.2, 0.25) is 0 Å². The van der Waals surface area contributed by atoms with E-state index in [1.165, 1.54) is 41.5 Å². The van der Waals surface area contributed by atoms with Crippen LogP contribution in [-0.2, 0) is 24.2 Å². The minimum absolute atomic E-state index is 0.209. The molecule has 0 fully saturated rings. The van der Waals surface area contributed by atoms with E-state index in [-0.39, 0.29) is 5.41 Å². The summed E-state index contributed by atoms with van der Waals surface area (Å²) in [5, 5.41) is 5.49. The van der Waals surface area contributed by atoms with Crippen molar-refractivity contribution >= 4 is 24.8 Å². The van der Waals surface area contributed by atoms with Gasteiger partial charge in [0.05, 0.1) is 0 Å². The molecule has 1 aliphatic rings. The predicted molar refractivity (Wildman–Crippen MR) is 117 cm³/mol. The molecule has 0 aromatic heterocycles. The molecule has 3 aromatic rings. The third kappa shape index (κ3) is 4.35. The normalized spacial score (nSPS) is 16.7. The molecule has 1 unspecified atom stereocenters. The summed E-state index contributed by atoms with van der Waals surface area (Å²) in [6, 6.07) is 17.8. The Hall–Kier alpha value is -1.46. The zero-order chi connectivity index (χ0) is 19.8. The van der Waals surface area contributed by atoms with Crippen LogP contribution in [0.25, 0.3) is 21.5 Å². The van der Waals surface area contributed by atoms with Gasteiger partial charge in [-0.1, -0.05) is 80.5 Å². The molecule has 1 aliphatic carbocycles. The van der Waals surface area contributed by atoms with Gasteiger partial charge in [-0.05, 0) is 23.8 Å². The first-order valence-corrected chi connectivity index (χ1v) is 10.9. The summed E-state index contributed by atoms with van der Waals surface area (Å²) in [5.41, 5.74) is 4.55. The Balaban J connectivity index is 0.000000481. The number of hydrogen-bond acceptors (Lipinski definition) is 0. The second-order valence-corrected chi connectivity index (χ2v) is 11.2. The molecule has 27 heavy (non-hydrogen) atoms. The zero-order valence-electron chi connectivity index (χ0n) is 17.4. The molecule has 4 rings (SSSR count). The van der Waals surface area contributed by atoms with E-state index in [2.05, 4.69) is 102 Å². The van der Waals surface area contributed by atoms with Gasteiger partial charge >= 0.3 is 41.3 Å². The van der Waals surface area contributed by atoms with Crippen molar-refractivity contribution in [3.05, 3.63) is 77.4 Å². The van der Waals surface area contributed by atoms with Crippen molar-refractivity contribution in [2.75, 3.05) is 0 Å². The van der Waals surface area contributed by atoms with Crippen LogP contribution in [0.4, 0.5) is 0 Å². The SMILES string of the molecule is CC1=CC(C(C)(C)C)=CC1c1cccc2c1[cH-]c1ccccc12.C[C](C)=[Zr]. The van der Waals surface area contributed by atoms with Crippen LogP contribution in [-0.4, -0.2) is 3.21 Å². The Labute approximate surface area is 178 Å². The Kier molecular flexibility index (Phi) is 5.92. The van der Waals surface area contributed by atoms with E-state index in [1.807, 2.05) is 0 Å². The maximum atomic E-state index is 2.46. The second kappa shape index (κ2) is 7.88. The summed E-state index contributed by atoms with van der Waals surface area (Å²) in [6.45, 7) is 13.4. The number of hydrogen-bond donors (Lipinski definition) is 0. The molecular weight excluding hydrogens is 404 g/mol.